The maximum atomic E-state index is 11.8. The summed E-state index contributed by atoms with van der Waals surface area (Å²) < 4.78 is 32.7. The zero-order chi connectivity index (χ0) is 11.5. The summed E-state index contributed by atoms with van der Waals surface area (Å²) >= 11 is 0. The first-order chi connectivity index (χ1) is 6.69. The van der Waals surface area contributed by atoms with Gasteiger partial charge in [-0.2, -0.15) is 0 Å². The van der Waals surface area contributed by atoms with Crippen molar-refractivity contribution in [1.82, 2.24) is 0 Å². The second-order valence-corrected chi connectivity index (χ2v) is 6.77. The molecule has 91 valence electrons. The molecule has 0 amide bonds. The van der Waals surface area contributed by atoms with Gasteiger partial charge in [0.2, 0.25) is 0 Å². The molecule has 1 radical (unpaired) electrons. The van der Waals surface area contributed by atoms with Crippen LogP contribution in [0.1, 0.15) is 33.1 Å². The SMILES string of the molecule is CC1(C)C2CCC1(CS(=O)(=O)[O-])C(=O)C2.[Fe+3]. The van der Waals surface area contributed by atoms with Crippen molar-refractivity contribution in [3.8, 4) is 0 Å². The summed E-state index contributed by atoms with van der Waals surface area (Å²) in [6.45, 7) is 3.83. The Balaban J connectivity index is 0.00000128. The molecule has 0 aromatic carbocycles. The maximum Gasteiger partial charge on any atom is 3.00 e. The third-order valence-electron chi connectivity index (χ3n) is 4.56. The van der Waals surface area contributed by atoms with Crippen LogP contribution >= 0.6 is 0 Å². The van der Waals surface area contributed by atoms with Gasteiger partial charge in [-0.3, -0.25) is 4.79 Å². The Labute approximate surface area is 106 Å². The molecule has 2 aliphatic carbocycles. The predicted octanol–water partition coefficient (Wildman–Crippen LogP) is 0.924. The molecule has 2 unspecified atom stereocenters. The van der Waals surface area contributed by atoms with Crippen LogP contribution < -0.4 is 0 Å². The third kappa shape index (κ3) is 1.76. The molecule has 2 aliphatic rings. The van der Waals surface area contributed by atoms with Gasteiger partial charge >= 0.3 is 17.1 Å². The van der Waals surface area contributed by atoms with Crippen LogP contribution in [0.25, 0.3) is 0 Å². The van der Waals surface area contributed by atoms with Crippen LogP contribution in [0.15, 0.2) is 0 Å². The smallest absolute Gasteiger partial charge is 0.748 e. The molecule has 2 bridgehead atoms. The van der Waals surface area contributed by atoms with Crippen LogP contribution in [0.4, 0.5) is 0 Å². The van der Waals surface area contributed by atoms with E-state index in [2.05, 4.69) is 0 Å². The standard InChI is InChI=1S/C10H16O4S.Fe/c1-9(2)7-3-4-10(9,8(11)5-7)6-15(12,13)14;/h7H,3-6H2,1-2H3,(H,12,13,14);/q;+3/p-1. The van der Waals surface area contributed by atoms with E-state index in [0.29, 0.717) is 12.8 Å². The minimum absolute atomic E-state index is 0. The Morgan fingerprint density at radius 3 is 2.31 bits per heavy atom. The van der Waals surface area contributed by atoms with Crippen LogP contribution in [0.3, 0.4) is 0 Å². The van der Waals surface area contributed by atoms with E-state index in [1.54, 1.807) is 0 Å². The van der Waals surface area contributed by atoms with E-state index in [9.17, 15) is 17.8 Å². The van der Waals surface area contributed by atoms with E-state index in [4.69, 9.17) is 0 Å². The first-order valence-corrected chi connectivity index (χ1v) is 6.74. The number of hydrogen-bond acceptors (Lipinski definition) is 4. The molecule has 0 N–H and O–H groups in total. The Kier molecular flexibility index (Phi) is 3.36. The molecule has 0 spiro atoms. The van der Waals surface area contributed by atoms with E-state index in [-0.39, 0.29) is 34.2 Å². The molecule has 2 atom stereocenters. The van der Waals surface area contributed by atoms with E-state index in [1.165, 1.54) is 0 Å². The van der Waals surface area contributed by atoms with Gasteiger partial charge in [-0.05, 0) is 24.2 Å². The van der Waals surface area contributed by atoms with E-state index < -0.39 is 21.3 Å². The Hall–Kier alpha value is 0.0995. The van der Waals surface area contributed by atoms with Crippen molar-refractivity contribution in [1.29, 1.82) is 0 Å². The average Bonchev–Trinajstić information content (AvgIpc) is 2.34. The molecule has 0 aliphatic heterocycles. The van der Waals surface area contributed by atoms with Gasteiger partial charge in [-0.1, -0.05) is 13.8 Å². The van der Waals surface area contributed by atoms with Crippen LogP contribution in [0.5, 0.6) is 0 Å². The van der Waals surface area contributed by atoms with Crippen molar-refractivity contribution in [2.75, 3.05) is 5.75 Å². The summed E-state index contributed by atoms with van der Waals surface area (Å²) in [5.74, 6) is -0.280. The minimum Gasteiger partial charge on any atom is -0.748 e. The third-order valence-corrected chi connectivity index (χ3v) is 5.41. The summed E-state index contributed by atoms with van der Waals surface area (Å²) in [7, 11) is -4.33. The molecule has 4 nitrogen and oxygen atoms in total. The molecule has 16 heavy (non-hydrogen) atoms. The zero-order valence-electron chi connectivity index (χ0n) is 9.30. The summed E-state index contributed by atoms with van der Waals surface area (Å²) in [6, 6.07) is 0. The Morgan fingerprint density at radius 1 is 1.44 bits per heavy atom. The van der Waals surface area contributed by atoms with Crippen LogP contribution in [0, 0.1) is 16.7 Å². The first kappa shape index (κ1) is 14.2. The van der Waals surface area contributed by atoms with Crippen LogP contribution in [-0.2, 0) is 32.0 Å². The summed E-state index contributed by atoms with van der Waals surface area (Å²) in [4.78, 5) is 11.8. The van der Waals surface area contributed by atoms with E-state index >= 15 is 0 Å². The maximum absolute atomic E-state index is 11.8. The van der Waals surface area contributed by atoms with Gasteiger partial charge < -0.3 is 4.55 Å². The normalized spacial score (nSPS) is 36.2. The minimum atomic E-state index is -4.33. The zero-order valence-corrected chi connectivity index (χ0v) is 11.2. The number of Topliss-reactive ketones (excluding diaryl/α,β-unsaturated/α-hetero) is 1. The van der Waals surface area contributed by atoms with Crippen molar-refractivity contribution in [2.45, 2.75) is 33.1 Å². The number of hydrogen-bond donors (Lipinski definition) is 0. The monoisotopic (exact) mass is 287 g/mol. The van der Waals surface area contributed by atoms with Crippen molar-refractivity contribution in [3.05, 3.63) is 0 Å². The average molecular weight is 287 g/mol. The van der Waals surface area contributed by atoms with Crippen molar-refractivity contribution in [2.24, 2.45) is 16.7 Å². The quantitative estimate of drug-likeness (QED) is 0.559. The van der Waals surface area contributed by atoms with Gasteiger partial charge in [0.05, 0.1) is 15.9 Å². The fraction of sp³-hybridized carbons (Fsp3) is 0.900. The van der Waals surface area contributed by atoms with Gasteiger partial charge in [0, 0.05) is 11.8 Å². The van der Waals surface area contributed by atoms with Crippen LogP contribution in [0.2, 0.25) is 0 Å². The summed E-state index contributed by atoms with van der Waals surface area (Å²) in [6.07, 6.45) is 1.88. The van der Waals surface area contributed by atoms with Gasteiger partial charge in [-0.25, -0.2) is 8.42 Å². The molecule has 2 saturated carbocycles. The Bertz CT molecular complexity index is 415. The molecule has 0 saturated heterocycles. The van der Waals surface area contributed by atoms with E-state index in [0.717, 1.165) is 6.42 Å². The first-order valence-electron chi connectivity index (χ1n) is 5.16. The molecule has 0 aromatic rings. The number of rotatable bonds is 2. The van der Waals surface area contributed by atoms with Crippen molar-refractivity contribution < 1.29 is 34.8 Å². The molecule has 0 heterocycles. The summed E-state index contributed by atoms with van der Waals surface area (Å²) in [5, 5.41) is 0. The molecular weight excluding hydrogens is 272 g/mol. The number of carbonyl (C=O) groups is 1. The number of carbonyl (C=O) groups excluding carboxylic acids is 1. The molecular formula is C10H15FeO4S+2. The topological polar surface area (TPSA) is 74.3 Å². The fourth-order valence-electron chi connectivity index (χ4n) is 3.41. The Morgan fingerprint density at radius 2 is 2.00 bits per heavy atom. The second kappa shape index (κ2) is 3.80. The number of fused-ring (bicyclic) bond motifs is 2. The van der Waals surface area contributed by atoms with Crippen LogP contribution in [-0.4, -0.2) is 24.5 Å². The molecule has 6 heteroatoms. The van der Waals surface area contributed by atoms with Gasteiger partial charge in [0.1, 0.15) is 5.78 Å². The number of ketones is 1. The molecule has 0 aromatic heterocycles. The second-order valence-electron chi connectivity index (χ2n) is 5.37. The molecule has 2 rings (SSSR count). The predicted molar refractivity (Wildman–Crippen MR) is 53.1 cm³/mol. The van der Waals surface area contributed by atoms with Gasteiger partial charge in [0.15, 0.2) is 0 Å². The van der Waals surface area contributed by atoms with Gasteiger partial charge in [0.25, 0.3) is 0 Å². The van der Waals surface area contributed by atoms with Gasteiger partial charge in [-0.15, -0.1) is 0 Å². The largest absolute Gasteiger partial charge is 3.00 e. The van der Waals surface area contributed by atoms with Crippen molar-refractivity contribution >= 4 is 15.9 Å². The molecule has 2 fully saturated rings. The van der Waals surface area contributed by atoms with Crippen molar-refractivity contribution in [3.63, 3.8) is 0 Å². The fourth-order valence-corrected chi connectivity index (χ4v) is 4.69. The van der Waals surface area contributed by atoms with E-state index in [1.807, 2.05) is 13.8 Å². The summed E-state index contributed by atoms with van der Waals surface area (Å²) in [5.41, 5.74) is -1.22.